The molecule has 2 unspecified atom stereocenters. The van der Waals surface area contributed by atoms with E-state index in [1.165, 1.54) is 0 Å². The van der Waals surface area contributed by atoms with Gasteiger partial charge < -0.3 is 11.1 Å². The first-order valence-corrected chi connectivity index (χ1v) is 7.13. The van der Waals surface area contributed by atoms with Crippen LogP contribution in [0.4, 0.5) is 0 Å². The van der Waals surface area contributed by atoms with Crippen molar-refractivity contribution >= 4 is 16.8 Å². The molecule has 0 spiro atoms. The van der Waals surface area contributed by atoms with Crippen molar-refractivity contribution in [1.29, 1.82) is 0 Å². The van der Waals surface area contributed by atoms with Gasteiger partial charge in [-0.1, -0.05) is 12.5 Å². The lowest BCUT2D eigenvalue weighted by molar-refractivity contribution is 0.0929. The Bertz CT molecular complexity index is 626. The summed E-state index contributed by atoms with van der Waals surface area (Å²) in [5.41, 5.74) is 7.35. The molecule has 1 heterocycles. The van der Waals surface area contributed by atoms with E-state index >= 15 is 0 Å². The highest BCUT2D eigenvalue weighted by atomic mass is 16.1. The van der Waals surface area contributed by atoms with Gasteiger partial charge >= 0.3 is 0 Å². The second-order valence-electron chi connectivity index (χ2n) is 5.42. The third kappa shape index (κ3) is 2.51. The number of amides is 1. The van der Waals surface area contributed by atoms with Crippen LogP contribution in [0, 0.1) is 5.92 Å². The van der Waals surface area contributed by atoms with Gasteiger partial charge in [-0.25, -0.2) is 0 Å². The number of nitrogens with zero attached hydrogens (tertiary/aromatic N) is 1. The lowest BCUT2D eigenvalue weighted by atomic mass is 10.0. The summed E-state index contributed by atoms with van der Waals surface area (Å²) in [6, 6.07) is 9.68. The summed E-state index contributed by atoms with van der Waals surface area (Å²) in [5.74, 6) is 0.405. The van der Waals surface area contributed by atoms with Crippen molar-refractivity contribution in [2.45, 2.75) is 25.3 Å². The highest BCUT2D eigenvalue weighted by molar-refractivity contribution is 5.98. The standard InChI is InChI=1S/C16H19N3O/c17-10-13-3-1-5-15(13)19-16(20)12-6-7-14-11(9-12)4-2-8-18-14/h2,4,6-9,13,15H,1,3,5,10,17H2,(H,19,20). The Hall–Kier alpha value is -1.94. The summed E-state index contributed by atoms with van der Waals surface area (Å²) < 4.78 is 0. The lowest BCUT2D eigenvalue weighted by Gasteiger charge is -2.19. The zero-order valence-electron chi connectivity index (χ0n) is 11.4. The van der Waals surface area contributed by atoms with Gasteiger partial charge in [-0.05, 0) is 49.6 Å². The van der Waals surface area contributed by atoms with Crippen molar-refractivity contribution in [2.24, 2.45) is 11.7 Å². The molecule has 0 saturated heterocycles. The Morgan fingerprint density at radius 2 is 2.25 bits per heavy atom. The first-order valence-electron chi connectivity index (χ1n) is 7.13. The monoisotopic (exact) mass is 269 g/mol. The van der Waals surface area contributed by atoms with Crippen LogP contribution in [0.25, 0.3) is 10.9 Å². The van der Waals surface area contributed by atoms with Crippen molar-refractivity contribution in [1.82, 2.24) is 10.3 Å². The average Bonchev–Trinajstić information content (AvgIpc) is 2.94. The van der Waals surface area contributed by atoms with Gasteiger partial charge in [-0.3, -0.25) is 9.78 Å². The van der Waals surface area contributed by atoms with Crippen LogP contribution in [0.5, 0.6) is 0 Å². The van der Waals surface area contributed by atoms with Crippen molar-refractivity contribution < 1.29 is 4.79 Å². The Balaban J connectivity index is 1.78. The van der Waals surface area contributed by atoms with Gasteiger partial charge in [0.25, 0.3) is 5.91 Å². The minimum absolute atomic E-state index is 0.0129. The minimum Gasteiger partial charge on any atom is -0.349 e. The van der Waals surface area contributed by atoms with E-state index < -0.39 is 0 Å². The predicted octanol–water partition coefficient (Wildman–Crippen LogP) is 2.09. The average molecular weight is 269 g/mol. The van der Waals surface area contributed by atoms with E-state index in [1.807, 2.05) is 30.3 Å². The first kappa shape index (κ1) is 13.1. The molecule has 3 rings (SSSR count). The van der Waals surface area contributed by atoms with E-state index in [4.69, 9.17) is 5.73 Å². The number of rotatable bonds is 3. The first-order chi connectivity index (χ1) is 9.78. The second-order valence-corrected chi connectivity index (χ2v) is 5.42. The van der Waals surface area contributed by atoms with Crippen molar-refractivity contribution in [3.63, 3.8) is 0 Å². The number of aromatic nitrogens is 1. The maximum atomic E-state index is 12.3. The number of hydrogen-bond acceptors (Lipinski definition) is 3. The molecule has 104 valence electrons. The highest BCUT2D eigenvalue weighted by Crippen LogP contribution is 2.25. The van der Waals surface area contributed by atoms with E-state index in [0.29, 0.717) is 18.0 Å². The Labute approximate surface area is 118 Å². The Morgan fingerprint density at radius 1 is 1.35 bits per heavy atom. The largest absolute Gasteiger partial charge is 0.349 e. The third-order valence-electron chi connectivity index (χ3n) is 4.14. The zero-order valence-corrected chi connectivity index (χ0v) is 11.4. The van der Waals surface area contributed by atoms with E-state index in [2.05, 4.69) is 10.3 Å². The van der Waals surface area contributed by atoms with E-state index in [9.17, 15) is 4.79 Å². The molecule has 0 aliphatic heterocycles. The molecular weight excluding hydrogens is 250 g/mol. The van der Waals surface area contributed by atoms with Gasteiger partial charge in [0, 0.05) is 23.2 Å². The number of carbonyl (C=O) groups excluding carboxylic acids is 1. The van der Waals surface area contributed by atoms with Gasteiger partial charge in [0.15, 0.2) is 0 Å². The van der Waals surface area contributed by atoms with Gasteiger partial charge in [0.2, 0.25) is 0 Å². The molecule has 2 atom stereocenters. The van der Waals surface area contributed by atoms with E-state index in [0.717, 1.165) is 30.2 Å². The maximum absolute atomic E-state index is 12.3. The molecule has 2 aromatic rings. The summed E-state index contributed by atoms with van der Waals surface area (Å²) in [6.45, 7) is 0.645. The Kier molecular flexibility index (Phi) is 3.65. The maximum Gasteiger partial charge on any atom is 0.251 e. The lowest BCUT2D eigenvalue weighted by Crippen LogP contribution is -2.39. The SMILES string of the molecule is NCC1CCCC1NC(=O)c1ccc2ncccc2c1. The van der Waals surface area contributed by atoms with Crippen LogP contribution in [-0.4, -0.2) is 23.5 Å². The number of fused-ring (bicyclic) bond motifs is 1. The number of pyridine rings is 1. The fourth-order valence-electron chi connectivity index (χ4n) is 2.98. The molecule has 0 bridgehead atoms. The second kappa shape index (κ2) is 5.59. The van der Waals surface area contributed by atoms with Crippen LogP contribution in [-0.2, 0) is 0 Å². The van der Waals surface area contributed by atoms with E-state index in [1.54, 1.807) is 6.20 Å². The molecule has 1 aromatic carbocycles. The van der Waals surface area contributed by atoms with Crippen LogP contribution < -0.4 is 11.1 Å². The summed E-state index contributed by atoms with van der Waals surface area (Å²) in [6.07, 6.45) is 5.05. The fraction of sp³-hybridized carbons (Fsp3) is 0.375. The predicted molar refractivity (Wildman–Crippen MR) is 79.4 cm³/mol. The summed E-state index contributed by atoms with van der Waals surface area (Å²) in [5, 5.41) is 4.11. The number of benzene rings is 1. The van der Waals surface area contributed by atoms with Crippen LogP contribution >= 0.6 is 0 Å². The number of nitrogens with one attached hydrogen (secondary N) is 1. The molecule has 4 nitrogen and oxygen atoms in total. The van der Waals surface area contributed by atoms with Crippen molar-refractivity contribution in [3.05, 3.63) is 42.1 Å². The van der Waals surface area contributed by atoms with Gasteiger partial charge in [0.1, 0.15) is 0 Å². The van der Waals surface area contributed by atoms with Gasteiger partial charge in [0.05, 0.1) is 5.52 Å². The zero-order chi connectivity index (χ0) is 13.9. The quantitative estimate of drug-likeness (QED) is 0.896. The van der Waals surface area contributed by atoms with Crippen molar-refractivity contribution in [2.75, 3.05) is 6.54 Å². The molecule has 20 heavy (non-hydrogen) atoms. The molecule has 3 N–H and O–H groups in total. The third-order valence-corrected chi connectivity index (χ3v) is 4.14. The Morgan fingerprint density at radius 3 is 3.10 bits per heavy atom. The molecule has 4 heteroatoms. The number of nitrogens with two attached hydrogens (primary N) is 1. The van der Waals surface area contributed by atoms with Crippen LogP contribution in [0.3, 0.4) is 0 Å². The molecule has 1 fully saturated rings. The molecule has 1 saturated carbocycles. The molecule has 1 amide bonds. The summed E-state index contributed by atoms with van der Waals surface area (Å²) in [4.78, 5) is 16.6. The topological polar surface area (TPSA) is 68.0 Å². The smallest absolute Gasteiger partial charge is 0.251 e. The molecule has 1 aliphatic carbocycles. The number of carbonyl (C=O) groups is 1. The van der Waals surface area contributed by atoms with Crippen LogP contribution in [0.2, 0.25) is 0 Å². The minimum atomic E-state index is -0.0129. The van der Waals surface area contributed by atoms with E-state index in [-0.39, 0.29) is 11.9 Å². The van der Waals surface area contributed by atoms with Crippen LogP contribution in [0.15, 0.2) is 36.5 Å². The molecule has 0 radical (unpaired) electrons. The normalized spacial score (nSPS) is 22.1. The number of hydrogen-bond donors (Lipinski definition) is 2. The van der Waals surface area contributed by atoms with Gasteiger partial charge in [-0.2, -0.15) is 0 Å². The fourth-order valence-corrected chi connectivity index (χ4v) is 2.98. The summed E-state index contributed by atoms with van der Waals surface area (Å²) in [7, 11) is 0. The molecular formula is C16H19N3O. The molecule has 1 aliphatic rings. The summed E-state index contributed by atoms with van der Waals surface area (Å²) >= 11 is 0. The van der Waals surface area contributed by atoms with Crippen molar-refractivity contribution in [3.8, 4) is 0 Å². The van der Waals surface area contributed by atoms with Crippen LogP contribution in [0.1, 0.15) is 29.6 Å². The van der Waals surface area contributed by atoms with Gasteiger partial charge in [-0.15, -0.1) is 0 Å². The molecule has 1 aromatic heterocycles. The highest BCUT2D eigenvalue weighted by Gasteiger charge is 2.27.